The van der Waals surface area contributed by atoms with Crippen molar-refractivity contribution in [2.24, 2.45) is 0 Å². The molecule has 3 heterocycles. The van der Waals surface area contributed by atoms with E-state index in [-0.39, 0.29) is 11.7 Å². The first-order valence-corrected chi connectivity index (χ1v) is 13.8. The molecule has 0 fully saturated rings. The van der Waals surface area contributed by atoms with Gasteiger partial charge in [0.25, 0.3) is 0 Å². The van der Waals surface area contributed by atoms with Crippen molar-refractivity contribution in [2.75, 3.05) is 10.7 Å². The number of para-hydroxylation sites is 2. The molecule has 1 aliphatic rings. The molecule has 0 spiro atoms. The highest BCUT2D eigenvalue weighted by atomic mass is 35.5. The Balaban J connectivity index is 1.34. The lowest BCUT2D eigenvalue weighted by Crippen LogP contribution is -2.30. The van der Waals surface area contributed by atoms with Crippen LogP contribution in [0.15, 0.2) is 105 Å². The molecule has 0 saturated heterocycles. The summed E-state index contributed by atoms with van der Waals surface area (Å²) in [5, 5.41) is 12.2. The number of benzene rings is 3. The van der Waals surface area contributed by atoms with E-state index in [2.05, 4.69) is 10.2 Å². The van der Waals surface area contributed by atoms with Gasteiger partial charge in [-0.25, -0.2) is 0 Å². The fourth-order valence-electron chi connectivity index (χ4n) is 3.92. The first kappa shape index (κ1) is 22.4. The van der Waals surface area contributed by atoms with Gasteiger partial charge >= 0.3 is 0 Å². The molecule has 0 aliphatic carbocycles. The van der Waals surface area contributed by atoms with Crippen molar-refractivity contribution >= 4 is 63.7 Å². The lowest BCUT2D eigenvalue weighted by Gasteiger charge is -2.30. The van der Waals surface area contributed by atoms with Gasteiger partial charge in [-0.1, -0.05) is 65.5 Å². The van der Waals surface area contributed by atoms with Crippen LogP contribution in [0, 0.1) is 0 Å². The van der Waals surface area contributed by atoms with E-state index in [0.717, 1.165) is 37.6 Å². The Morgan fingerprint density at radius 3 is 2.20 bits per heavy atom. The summed E-state index contributed by atoms with van der Waals surface area (Å²) in [4.78, 5) is 18.6. The molecule has 172 valence electrons. The minimum Gasteiger partial charge on any atom is -0.278 e. The number of amides is 1. The van der Waals surface area contributed by atoms with Crippen LogP contribution in [0.5, 0.6) is 0 Å². The topological polar surface area (TPSA) is 51.0 Å². The Labute approximate surface area is 219 Å². The summed E-state index contributed by atoms with van der Waals surface area (Å²) in [5.41, 5.74) is 2.70. The number of hydrogen-bond donors (Lipinski definition) is 0. The number of rotatable bonds is 5. The number of hydrogen-bond acceptors (Lipinski definition) is 6. The Morgan fingerprint density at radius 1 is 0.857 bits per heavy atom. The number of fused-ring (bicyclic) bond motifs is 2. The largest absolute Gasteiger partial charge is 0.278 e. The predicted molar refractivity (Wildman–Crippen MR) is 145 cm³/mol. The molecule has 2 aromatic heterocycles. The molecule has 1 amide bonds. The normalized spacial score (nSPS) is 12.3. The van der Waals surface area contributed by atoms with Crippen LogP contribution >= 0.6 is 46.5 Å². The fourth-order valence-corrected chi connectivity index (χ4v) is 6.60. The van der Waals surface area contributed by atoms with E-state index in [1.165, 1.54) is 11.8 Å². The van der Waals surface area contributed by atoms with Crippen LogP contribution in [0.4, 0.5) is 11.4 Å². The van der Waals surface area contributed by atoms with Crippen molar-refractivity contribution in [3.63, 3.8) is 0 Å². The van der Waals surface area contributed by atoms with Crippen LogP contribution in [0.2, 0.25) is 5.02 Å². The van der Waals surface area contributed by atoms with Gasteiger partial charge in [0.05, 0.1) is 22.0 Å². The van der Waals surface area contributed by atoms with Gasteiger partial charge in [-0.3, -0.25) is 14.3 Å². The third-order valence-corrected chi connectivity index (χ3v) is 8.63. The molecule has 5 aromatic rings. The molecule has 6 rings (SSSR count). The zero-order chi connectivity index (χ0) is 23.8. The maximum atomic E-state index is 13.6. The van der Waals surface area contributed by atoms with Crippen LogP contribution in [0.3, 0.4) is 0 Å². The molecule has 0 saturated carbocycles. The van der Waals surface area contributed by atoms with Gasteiger partial charge in [-0.2, -0.15) is 0 Å². The quantitative estimate of drug-likeness (QED) is 0.218. The Kier molecular flexibility index (Phi) is 6.12. The predicted octanol–water partition coefficient (Wildman–Crippen LogP) is 7.57. The summed E-state index contributed by atoms with van der Waals surface area (Å²) in [6.45, 7) is 0. The van der Waals surface area contributed by atoms with Gasteiger partial charge in [0.1, 0.15) is 0 Å². The van der Waals surface area contributed by atoms with Gasteiger partial charge in [0.15, 0.2) is 11.0 Å². The second-order valence-electron chi connectivity index (χ2n) is 7.65. The standard InChI is InChI=1S/C26H17ClN4OS3/c27-17-11-13-18(14-12-17)30-25(23-10-5-15-33-23)28-29-26(30)34-16-24(32)31-19-6-1-3-8-21(19)35-22-9-4-2-7-20(22)31/h1-15H,16H2. The molecule has 0 radical (unpaired) electrons. The average Bonchev–Trinajstić information content (AvgIpc) is 3.56. The highest BCUT2D eigenvalue weighted by Gasteiger charge is 2.28. The van der Waals surface area contributed by atoms with Crippen molar-refractivity contribution in [1.29, 1.82) is 0 Å². The van der Waals surface area contributed by atoms with E-state index in [1.54, 1.807) is 23.1 Å². The first-order valence-electron chi connectivity index (χ1n) is 10.8. The second-order valence-corrected chi connectivity index (χ2v) is 11.1. The Morgan fingerprint density at radius 2 is 1.54 bits per heavy atom. The second kappa shape index (κ2) is 9.54. The minimum atomic E-state index is -0.0153. The van der Waals surface area contributed by atoms with Gasteiger partial charge in [-0.05, 0) is 60.0 Å². The van der Waals surface area contributed by atoms with Gasteiger partial charge in [-0.15, -0.1) is 21.5 Å². The van der Waals surface area contributed by atoms with Crippen molar-refractivity contribution in [3.8, 4) is 16.4 Å². The third kappa shape index (κ3) is 4.27. The summed E-state index contributed by atoms with van der Waals surface area (Å²) >= 11 is 10.8. The van der Waals surface area contributed by atoms with Crippen LogP contribution in [0.25, 0.3) is 16.4 Å². The lowest BCUT2D eigenvalue weighted by atomic mass is 10.2. The molecule has 9 heteroatoms. The summed E-state index contributed by atoms with van der Waals surface area (Å²) in [5.74, 6) is 0.935. The number of carbonyl (C=O) groups is 1. The monoisotopic (exact) mass is 532 g/mol. The SMILES string of the molecule is O=C(CSc1nnc(-c2cccs2)n1-c1ccc(Cl)cc1)N1c2ccccc2Sc2ccccc21. The van der Waals surface area contributed by atoms with E-state index in [1.807, 2.05) is 99.8 Å². The lowest BCUT2D eigenvalue weighted by molar-refractivity contribution is -0.115. The Bertz CT molecular complexity index is 1470. The van der Waals surface area contributed by atoms with Crippen molar-refractivity contribution in [3.05, 3.63) is 95.3 Å². The first-order chi connectivity index (χ1) is 17.2. The van der Waals surface area contributed by atoms with E-state index in [0.29, 0.717) is 10.2 Å². The average molecular weight is 533 g/mol. The third-order valence-electron chi connectivity index (χ3n) is 5.47. The zero-order valence-electron chi connectivity index (χ0n) is 18.2. The van der Waals surface area contributed by atoms with E-state index in [9.17, 15) is 4.79 Å². The molecule has 35 heavy (non-hydrogen) atoms. The van der Waals surface area contributed by atoms with Crippen LogP contribution in [-0.2, 0) is 4.79 Å². The molecular weight excluding hydrogens is 516 g/mol. The summed E-state index contributed by atoms with van der Waals surface area (Å²) in [7, 11) is 0. The van der Waals surface area contributed by atoms with Gasteiger partial charge in [0, 0.05) is 20.5 Å². The summed E-state index contributed by atoms with van der Waals surface area (Å²) < 4.78 is 1.98. The van der Waals surface area contributed by atoms with Gasteiger partial charge < -0.3 is 0 Å². The molecule has 3 aromatic carbocycles. The molecule has 0 N–H and O–H groups in total. The number of nitrogens with zero attached hydrogens (tertiary/aromatic N) is 4. The molecular formula is C26H17ClN4OS3. The molecule has 5 nitrogen and oxygen atoms in total. The number of thiophene rings is 1. The zero-order valence-corrected chi connectivity index (χ0v) is 21.4. The smallest absolute Gasteiger partial charge is 0.242 e. The van der Waals surface area contributed by atoms with Crippen molar-refractivity contribution in [1.82, 2.24) is 14.8 Å². The van der Waals surface area contributed by atoms with Crippen molar-refractivity contribution < 1.29 is 4.79 Å². The van der Waals surface area contributed by atoms with Crippen LogP contribution < -0.4 is 4.90 Å². The number of thioether (sulfide) groups is 1. The van der Waals surface area contributed by atoms with Crippen LogP contribution in [0.1, 0.15) is 0 Å². The minimum absolute atomic E-state index is 0.0153. The number of carbonyl (C=O) groups excluding carboxylic acids is 1. The maximum Gasteiger partial charge on any atom is 0.242 e. The summed E-state index contributed by atoms with van der Waals surface area (Å²) in [6.07, 6.45) is 0. The highest BCUT2D eigenvalue weighted by molar-refractivity contribution is 8.00. The van der Waals surface area contributed by atoms with E-state index < -0.39 is 0 Å². The summed E-state index contributed by atoms with van der Waals surface area (Å²) in [6, 6.07) is 27.6. The molecule has 0 bridgehead atoms. The fraction of sp³-hybridized carbons (Fsp3) is 0.0385. The highest BCUT2D eigenvalue weighted by Crippen LogP contribution is 2.48. The Hall–Kier alpha value is -3.04. The molecule has 0 atom stereocenters. The van der Waals surface area contributed by atoms with Crippen LogP contribution in [-0.4, -0.2) is 26.4 Å². The number of halogens is 1. The molecule has 1 aliphatic heterocycles. The maximum absolute atomic E-state index is 13.6. The van der Waals surface area contributed by atoms with E-state index >= 15 is 0 Å². The number of anilines is 2. The van der Waals surface area contributed by atoms with E-state index in [4.69, 9.17) is 11.6 Å². The van der Waals surface area contributed by atoms with Crippen molar-refractivity contribution in [2.45, 2.75) is 14.9 Å². The van der Waals surface area contributed by atoms with Gasteiger partial charge in [0.2, 0.25) is 5.91 Å². The number of aromatic nitrogens is 3. The molecule has 0 unspecified atom stereocenters.